The van der Waals surface area contributed by atoms with Gasteiger partial charge in [0.05, 0.1) is 5.54 Å². The van der Waals surface area contributed by atoms with Crippen LogP contribution in [-0.4, -0.2) is 17.5 Å². The SMILES string of the molecule is CCC(N)(CC)C(=O)N[C@H](C)C1CCCCCC1. The van der Waals surface area contributed by atoms with Crippen LogP contribution in [-0.2, 0) is 4.79 Å². The van der Waals surface area contributed by atoms with E-state index < -0.39 is 5.54 Å². The van der Waals surface area contributed by atoms with Crippen molar-refractivity contribution < 1.29 is 4.79 Å². The molecule has 1 amide bonds. The lowest BCUT2D eigenvalue weighted by Gasteiger charge is -2.30. The molecule has 3 nitrogen and oxygen atoms in total. The Labute approximate surface area is 112 Å². The zero-order valence-corrected chi connectivity index (χ0v) is 12.3. The Morgan fingerprint density at radius 3 is 2.17 bits per heavy atom. The van der Waals surface area contributed by atoms with Gasteiger partial charge in [0, 0.05) is 6.04 Å². The van der Waals surface area contributed by atoms with Crippen LogP contribution in [0.25, 0.3) is 0 Å². The van der Waals surface area contributed by atoms with Crippen molar-refractivity contribution in [1.82, 2.24) is 5.32 Å². The zero-order valence-electron chi connectivity index (χ0n) is 12.3. The molecule has 1 rings (SSSR count). The van der Waals surface area contributed by atoms with Crippen LogP contribution < -0.4 is 11.1 Å². The zero-order chi connectivity index (χ0) is 13.6. The number of amides is 1. The smallest absolute Gasteiger partial charge is 0.240 e. The fraction of sp³-hybridized carbons (Fsp3) is 0.933. The van der Waals surface area contributed by atoms with Gasteiger partial charge in [0.25, 0.3) is 0 Å². The van der Waals surface area contributed by atoms with E-state index in [4.69, 9.17) is 5.73 Å². The van der Waals surface area contributed by atoms with E-state index in [0.717, 1.165) is 0 Å². The highest BCUT2D eigenvalue weighted by atomic mass is 16.2. The van der Waals surface area contributed by atoms with Gasteiger partial charge in [-0.3, -0.25) is 4.79 Å². The van der Waals surface area contributed by atoms with Crippen LogP contribution >= 0.6 is 0 Å². The Morgan fingerprint density at radius 1 is 1.22 bits per heavy atom. The number of carbonyl (C=O) groups is 1. The third-order valence-electron chi connectivity index (χ3n) is 4.68. The maximum atomic E-state index is 12.2. The minimum atomic E-state index is -0.682. The summed E-state index contributed by atoms with van der Waals surface area (Å²) in [4.78, 5) is 12.2. The molecule has 0 aromatic heterocycles. The third-order valence-corrected chi connectivity index (χ3v) is 4.68. The summed E-state index contributed by atoms with van der Waals surface area (Å²) < 4.78 is 0. The Morgan fingerprint density at radius 2 is 1.72 bits per heavy atom. The first-order valence-corrected chi connectivity index (χ1v) is 7.63. The van der Waals surface area contributed by atoms with Gasteiger partial charge in [0.2, 0.25) is 5.91 Å². The predicted octanol–water partition coefficient (Wildman–Crippen LogP) is 2.98. The summed E-state index contributed by atoms with van der Waals surface area (Å²) >= 11 is 0. The lowest BCUT2D eigenvalue weighted by atomic mass is 9.89. The van der Waals surface area contributed by atoms with Crippen molar-refractivity contribution in [2.24, 2.45) is 11.7 Å². The van der Waals surface area contributed by atoms with Crippen molar-refractivity contribution in [2.45, 2.75) is 83.7 Å². The lowest BCUT2D eigenvalue weighted by molar-refractivity contribution is -0.127. The van der Waals surface area contributed by atoms with Gasteiger partial charge in [-0.2, -0.15) is 0 Å². The number of hydrogen-bond acceptors (Lipinski definition) is 2. The Hall–Kier alpha value is -0.570. The van der Waals surface area contributed by atoms with Gasteiger partial charge in [0.15, 0.2) is 0 Å². The summed E-state index contributed by atoms with van der Waals surface area (Å²) in [5.41, 5.74) is 5.46. The van der Waals surface area contributed by atoms with Gasteiger partial charge in [-0.25, -0.2) is 0 Å². The molecule has 1 saturated carbocycles. The highest BCUT2D eigenvalue weighted by molar-refractivity contribution is 5.86. The van der Waals surface area contributed by atoms with Gasteiger partial charge in [-0.1, -0.05) is 39.5 Å². The van der Waals surface area contributed by atoms with Gasteiger partial charge in [0.1, 0.15) is 0 Å². The average Bonchev–Trinajstić information content (AvgIpc) is 2.66. The minimum Gasteiger partial charge on any atom is -0.352 e. The fourth-order valence-corrected chi connectivity index (χ4v) is 2.85. The first kappa shape index (κ1) is 15.5. The van der Waals surface area contributed by atoms with Crippen LogP contribution in [0.4, 0.5) is 0 Å². The van der Waals surface area contributed by atoms with Gasteiger partial charge >= 0.3 is 0 Å². The number of nitrogens with one attached hydrogen (secondary N) is 1. The lowest BCUT2D eigenvalue weighted by Crippen LogP contribution is -2.56. The first-order valence-electron chi connectivity index (χ1n) is 7.63. The van der Waals surface area contributed by atoms with Gasteiger partial charge in [-0.05, 0) is 38.5 Å². The maximum absolute atomic E-state index is 12.2. The Bertz CT molecular complexity index is 253. The monoisotopic (exact) mass is 254 g/mol. The maximum Gasteiger partial charge on any atom is 0.240 e. The van der Waals surface area contributed by atoms with Crippen LogP contribution in [0.2, 0.25) is 0 Å². The molecular weight excluding hydrogens is 224 g/mol. The molecule has 3 heteroatoms. The molecule has 0 aromatic rings. The van der Waals surface area contributed by atoms with Crippen molar-refractivity contribution in [3.8, 4) is 0 Å². The Kier molecular flexibility index (Phi) is 6.13. The molecule has 0 heterocycles. The second kappa shape index (κ2) is 7.13. The molecule has 0 unspecified atom stereocenters. The highest BCUT2D eigenvalue weighted by Crippen LogP contribution is 2.26. The van der Waals surface area contributed by atoms with Crippen LogP contribution in [0.1, 0.15) is 72.1 Å². The molecule has 106 valence electrons. The average molecular weight is 254 g/mol. The highest BCUT2D eigenvalue weighted by Gasteiger charge is 2.32. The number of hydrogen-bond donors (Lipinski definition) is 2. The van der Waals surface area contributed by atoms with Crippen molar-refractivity contribution in [1.29, 1.82) is 0 Å². The molecular formula is C15H30N2O. The predicted molar refractivity (Wildman–Crippen MR) is 76.3 cm³/mol. The molecule has 0 saturated heterocycles. The molecule has 0 aliphatic heterocycles. The van der Waals surface area contributed by atoms with Gasteiger partial charge < -0.3 is 11.1 Å². The summed E-state index contributed by atoms with van der Waals surface area (Å²) in [6, 6.07) is 0.261. The molecule has 1 aliphatic rings. The van der Waals surface area contributed by atoms with E-state index in [0.29, 0.717) is 18.8 Å². The summed E-state index contributed by atoms with van der Waals surface area (Å²) in [6.45, 7) is 6.11. The van der Waals surface area contributed by atoms with Crippen LogP contribution in [0.5, 0.6) is 0 Å². The van der Waals surface area contributed by atoms with E-state index in [1.807, 2.05) is 13.8 Å². The van der Waals surface area contributed by atoms with E-state index >= 15 is 0 Å². The van der Waals surface area contributed by atoms with E-state index in [9.17, 15) is 4.79 Å². The Balaban J connectivity index is 2.52. The van der Waals surface area contributed by atoms with Crippen molar-refractivity contribution in [2.75, 3.05) is 0 Å². The number of nitrogens with two attached hydrogens (primary N) is 1. The quantitative estimate of drug-likeness (QED) is 0.741. The molecule has 1 fully saturated rings. The number of rotatable bonds is 5. The topological polar surface area (TPSA) is 55.1 Å². The van der Waals surface area contributed by atoms with E-state index in [-0.39, 0.29) is 11.9 Å². The molecule has 0 spiro atoms. The normalized spacial score (nSPS) is 20.2. The summed E-state index contributed by atoms with van der Waals surface area (Å²) in [5.74, 6) is 0.665. The summed E-state index contributed by atoms with van der Waals surface area (Å²) in [5, 5.41) is 3.16. The second-order valence-electron chi connectivity index (χ2n) is 5.88. The molecule has 1 atom stereocenters. The summed E-state index contributed by atoms with van der Waals surface area (Å²) in [6.07, 6.45) is 9.21. The van der Waals surface area contributed by atoms with Crippen LogP contribution in [0, 0.1) is 5.92 Å². The third kappa shape index (κ3) is 3.98. The fourth-order valence-electron chi connectivity index (χ4n) is 2.85. The second-order valence-corrected chi connectivity index (χ2v) is 5.88. The molecule has 3 N–H and O–H groups in total. The molecule has 0 bridgehead atoms. The minimum absolute atomic E-state index is 0.0317. The van der Waals surface area contributed by atoms with Crippen molar-refractivity contribution >= 4 is 5.91 Å². The molecule has 0 radical (unpaired) electrons. The molecule has 1 aliphatic carbocycles. The van der Waals surface area contributed by atoms with E-state index in [2.05, 4.69) is 12.2 Å². The molecule has 0 aromatic carbocycles. The van der Waals surface area contributed by atoms with Crippen molar-refractivity contribution in [3.05, 3.63) is 0 Å². The largest absolute Gasteiger partial charge is 0.352 e. The first-order chi connectivity index (χ1) is 8.53. The summed E-state index contributed by atoms with van der Waals surface area (Å²) in [7, 11) is 0. The van der Waals surface area contributed by atoms with Gasteiger partial charge in [-0.15, -0.1) is 0 Å². The van der Waals surface area contributed by atoms with E-state index in [1.54, 1.807) is 0 Å². The van der Waals surface area contributed by atoms with Crippen LogP contribution in [0.3, 0.4) is 0 Å². The molecule has 18 heavy (non-hydrogen) atoms. The van der Waals surface area contributed by atoms with Crippen molar-refractivity contribution in [3.63, 3.8) is 0 Å². The van der Waals surface area contributed by atoms with Crippen LogP contribution in [0.15, 0.2) is 0 Å². The standard InChI is InChI=1S/C15H30N2O/c1-4-15(16,5-2)14(18)17-12(3)13-10-8-6-7-9-11-13/h12-13H,4-11,16H2,1-3H3,(H,17,18)/t12-/m1/s1. The number of carbonyl (C=O) groups excluding carboxylic acids is 1. The van der Waals surface area contributed by atoms with E-state index in [1.165, 1.54) is 38.5 Å².